The second-order valence-electron chi connectivity index (χ2n) is 5.10. The van der Waals surface area contributed by atoms with E-state index in [1.54, 1.807) is 6.07 Å². The lowest BCUT2D eigenvalue weighted by molar-refractivity contribution is -0.130. The fourth-order valence-corrected chi connectivity index (χ4v) is 2.42. The van der Waals surface area contributed by atoms with E-state index in [9.17, 15) is 9.90 Å². The number of hydrogen-bond donors (Lipinski definition) is 3. The smallest absolute Gasteiger partial charge is 0.264 e. The lowest BCUT2D eigenvalue weighted by Crippen LogP contribution is -2.46. The van der Waals surface area contributed by atoms with E-state index in [-0.39, 0.29) is 30.8 Å². The van der Waals surface area contributed by atoms with Gasteiger partial charge in [0, 0.05) is 25.6 Å². The first-order valence-corrected chi connectivity index (χ1v) is 6.79. The van der Waals surface area contributed by atoms with Crippen molar-refractivity contribution in [2.24, 2.45) is 5.92 Å². The molecule has 0 bridgehead atoms. The number of hydrogen-bond acceptors (Lipinski definition) is 5. The number of ether oxygens (including phenoxy) is 2. The second kappa shape index (κ2) is 6.98. The standard InChI is InChI=1S/C14H18N2O4.ClH/c17-10-7-15-5-9(10)6-16-14(18)13-8-19-11-3-1-2-4-12(11)20-13;/h1-4,9-10,13,15,17H,5-8H2,(H,16,18);1H. The Bertz CT molecular complexity index is 500. The summed E-state index contributed by atoms with van der Waals surface area (Å²) in [6.45, 7) is 1.94. The summed E-state index contributed by atoms with van der Waals surface area (Å²) in [5.74, 6) is 1.09. The molecule has 116 valence electrons. The molecule has 0 saturated carbocycles. The fraction of sp³-hybridized carbons (Fsp3) is 0.500. The molecular weight excluding hydrogens is 296 g/mol. The van der Waals surface area contributed by atoms with Crippen molar-refractivity contribution in [3.8, 4) is 11.5 Å². The average molecular weight is 315 g/mol. The molecule has 1 aromatic rings. The van der Waals surface area contributed by atoms with Crippen LogP contribution in [-0.2, 0) is 4.79 Å². The van der Waals surface area contributed by atoms with Gasteiger partial charge in [-0.05, 0) is 12.1 Å². The van der Waals surface area contributed by atoms with Crippen LogP contribution >= 0.6 is 12.4 Å². The molecule has 2 aliphatic heterocycles. The Morgan fingerprint density at radius 1 is 1.33 bits per heavy atom. The van der Waals surface area contributed by atoms with Gasteiger partial charge in [0.15, 0.2) is 11.5 Å². The molecule has 3 atom stereocenters. The van der Waals surface area contributed by atoms with Crippen LogP contribution in [-0.4, -0.2) is 49.5 Å². The van der Waals surface area contributed by atoms with Crippen LogP contribution in [0.4, 0.5) is 0 Å². The van der Waals surface area contributed by atoms with Crippen molar-refractivity contribution >= 4 is 18.3 Å². The number of aliphatic hydroxyl groups is 1. The summed E-state index contributed by atoms with van der Waals surface area (Å²) >= 11 is 0. The average Bonchev–Trinajstić information content (AvgIpc) is 2.89. The molecule has 21 heavy (non-hydrogen) atoms. The quantitative estimate of drug-likeness (QED) is 0.729. The van der Waals surface area contributed by atoms with Gasteiger partial charge in [-0.2, -0.15) is 0 Å². The molecule has 1 saturated heterocycles. The van der Waals surface area contributed by atoms with Crippen molar-refractivity contribution in [3.05, 3.63) is 24.3 Å². The first kappa shape index (κ1) is 15.9. The van der Waals surface area contributed by atoms with Crippen LogP contribution in [0.3, 0.4) is 0 Å². The zero-order chi connectivity index (χ0) is 13.9. The van der Waals surface area contributed by atoms with Crippen molar-refractivity contribution < 1.29 is 19.4 Å². The summed E-state index contributed by atoms with van der Waals surface area (Å²) in [6.07, 6.45) is -1.05. The lowest BCUT2D eigenvalue weighted by Gasteiger charge is -2.26. The van der Waals surface area contributed by atoms with Gasteiger partial charge in [0.2, 0.25) is 6.10 Å². The molecule has 0 spiro atoms. The summed E-state index contributed by atoms with van der Waals surface area (Å²) in [7, 11) is 0. The third kappa shape index (κ3) is 3.58. The van der Waals surface area contributed by atoms with E-state index in [1.165, 1.54) is 0 Å². The number of β-amino-alcohol motifs (C(OH)–C–C–N with tert-alkyl or cyclic N) is 1. The summed E-state index contributed by atoms with van der Waals surface area (Å²) < 4.78 is 11.1. The van der Waals surface area contributed by atoms with Crippen LogP contribution in [0.15, 0.2) is 24.3 Å². The van der Waals surface area contributed by atoms with E-state index in [0.717, 1.165) is 0 Å². The Balaban J connectivity index is 0.00000161. The number of nitrogens with one attached hydrogen (secondary N) is 2. The molecule has 1 amide bonds. The van der Waals surface area contributed by atoms with Gasteiger partial charge >= 0.3 is 0 Å². The highest BCUT2D eigenvalue weighted by Crippen LogP contribution is 2.30. The largest absolute Gasteiger partial charge is 0.485 e. The van der Waals surface area contributed by atoms with Gasteiger partial charge in [0.05, 0.1) is 6.10 Å². The second-order valence-corrected chi connectivity index (χ2v) is 5.10. The summed E-state index contributed by atoms with van der Waals surface area (Å²) in [5, 5.41) is 15.6. The minimum absolute atomic E-state index is 0. The highest BCUT2D eigenvalue weighted by Gasteiger charge is 2.29. The van der Waals surface area contributed by atoms with E-state index in [0.29, 0.717) is 31.1 Å². The van der Waals surface area contributed by atoms with E-state index >= 15 is 0 Å². The minimum atomic E-state index is -0.642. The Morgan fingerprint density at radius 2 is 2.10 bits per heavy atom. The number of amides is 1. The monoisotopic (exact) mass is 314 g/mol. The molecule has 2 heterocycles. The molecule has 3 rings (SSSR count). The molecular formula is C14H19ClN2O4. The predicted octanol–water partition coefficient (Wildman–Crippen LogP) is -0.0553. The summed E-state index contributed by atoms with van der Waals surface area (Å²) in [6, 6.07) is 7.28. The minimum Gasteiger partial charge on any atom is -0.485 e. The third-order valence-corrected chi connectivity index (χ3v) is 3.64. The van der Waals surface area contributed by atoms with Gasteiger partial charge in [0.1, 0.15) is 6.61 Å². The molecule has 1 fully saturated rings. The van der Waals surface area contributed by atoms with Crippen molar-refractivity contribution in [1.82, 2.24) is 10.6 Å². The maximum atomic E-state index is 12.1. The van der Waals surface area contributed by atoms with Crippen LogP contribution in [0.2, 0.25) is 0 Å². The van der Waals surface area contributed by atoms with Crippen LogP contribution in [0.1, 0.15) is 0 Å². The number of aliphatic hydroxyl groups excluding tert-OH is 1. The maximum absolute atomic E-state index is 12.1. The molecule has 2 aliphatic rings. The predicted molar refractivity (Wildman–Crippen MR) is 79.0 cm³/mol. The van der Waals surface area contributed by atoms with Crippen molar-refractivity contribution in [2.75, 3.05) is 26.2 Å². The number of carbonyl (C=O) groups excluding carboxylic acids is 1. The number of fused-ring (bicyclic) bond motifs is 1. The van der Waals surface area contributed by atoms with Gasteiger partial charge in [0.25, 0.3) is 5.91 Å². The first-order valence-electron chi connectivity index (χ1n) is 6.79. The number of para-hydroxylation sites is 2. The topological polar surface area (TPSA) is 79.8 Å². The Kier molecular flexibility index (Phi) is 5.27. The summed E-state index contributed by atoms with van der Waals surface area (Å²) in [4.78, 5) is 12.1. The van der Waals surface area contributed by atoms with Crippen LogP contribution < -0.4 is 20.1 Å². The highest BCUT2D eigenvalue weighted by molar-refractivity contribution is 5.85. The molecule has 1 aromatic carbocycles. The molecule has 3 unspecified atom stereocenters. The molecule has 0 aliphatic carbocycles. The van der Waals surface area contributed by atoms with E-state index in [4.69, 9.17) is 9.47 Å². The van der Waals surface area contributed by atoms with Crippen LogP contribution in [0.25, 0.3) is 0 Å². The van der Waals surface area contributed by atoms with Crippen LogP contribution in [0.5, 0.6) is 11.5 Å². The maximum Gasteiger partial charge on any atom is 0.264 e. The molecule has 7 heteroatoms. The summed E-state index contributed by atoms with van der Waals surface area (Å²) in [5.41, 5.74) is 0. The zero-order valence-electron chi connectivity index (χ0n) is 11.5. The van der Waals surface area contributed by atoms with Crippen molar-refractivity contribution in [3.63, 3.8) is 0 Å². The first-order chi connectivity index (χ1) is 9.74. The van der Waals surface area contributed by atoms with E-state index in [2.05, 4.69) is 10.6 Å². The van der Waals surface area contributed by atoms with Gasteiger partial charge < -0.3 is 25.2 Å². The van der Waals surface area contributed by atoms with E-state index < -0.39 is 12.2 Å². The third-order valence-electron chi connectivity index (χ3n) is 3.64. The lowest BCUT2D eigenvalue weighted by atomic mass is 10.1. The normalized spacial score (nSPS) is 26.8. The van der Waals surface area contributed by atoms with E-state index in [1.807, 2.05) is 18.2 Å². The molecule has 3 N–H and O–H groups in total. The number of rotatable bonds is 3. The van der Waals surface area contributed by atoms with Gasteiger partial charge in [-0.3, -0.25) is 4.79 Å². The SMILES string of the molecule is Cl.O=C(NCC1CNCC1O)C1COc2ccccc2O1. The molecule has 0 aromatic heterocycles. The van der Waals surface area contributed by atoms with Crippen molar-refractivity contribution in [1.29, 1.82) is 0 Å². The Hall–Kier alpha value is -1.50. The van der Waals surface area contributed by atoms with Gasteiger partial charge in [-0.25, -0.2) is 0 Å². The fourth-order valence-electron chi connectivity index (χ4n) is 2.42. The zero-order valence-corrected chi connectivity index (χ0v) is 12.3. The highest BCUT2D eigenvalue weighted by atomic mass is 35.5. The van der Waals surface area contributed by atoms with Crippen LogP contribution in [0, 0.1) is 5.92 Å². The molecule has 0 radical (unpaired) electrons. The Morgan fingerprint density at radius 3 is 2.81 bits per heavy atom. The molecule has 6 nitrogen and oxygen atoms in total. The van der Waals surface area contributed by atoms with Gasteiger partial charge in [-0.15, -0.1) is 12.4 Å². The number of benzene rings is 1. The van der Waals surface area contributed by atoms with Gasteiger partial charge in [-0.1, -0.05) is 12.1 Å². The number of carbonyl (C=O) groups is 1. The Labute approximate surface area is 129 Å². The van der Waals surface area contributed by atoms with Crippen molar-refractivity contribution in [2.45, 2.75) is 12.2 Å². The number of halogens is 1.